The summed E-state index contributed by atoms with van der Waals surface area (Å²) in [7, 11) is 0. The molecule has 1 aromatic carbocycles. The van der Waals surface area contributed by atoms with Crippen LogP contribution in [-0.2, 0) is 9.63 Å². The Bertz CT molecular complexity index is 515. The van der Waals surface area contributed by atoms with Crippen molar-refractivity contribution >= 4 is 29.4 Å². The van der Waals surface area contributed by atoms with E-state index in [-0.39, 0.29) is 5.88 Å². The van der Waals surface area contributed by atoms with E-state index in [1.807, 2.05) is 12.1 Å². The van der Waals surface area contributed by atoms with E-state index < -0.39 is 5.97 Å². The molecular weight excluding hydrogens is 250 g/mol. The van der Waals surface area contributed by atoms with Gasteiger partial charge < -0.3 is 4.84 Å². The lowest BCUT2D eigenvalue weighted by atomic mass is 10.0. The molecule has 1 aliphatic heterocycles. The second-order valence-electron chi connectivity index (χ2n) is 4.43. The summed E-state index contributed by atoms with van der Waals surface area (Å²) in [5.74, 6) is 0.212. The average molecular weight is 264 g/mol. The van der Waals surface area contributed by atoms with Crippen molar-refractivity contribution in [2.45, 2.75) is 19.8 Å². The van der Waals surface area contributed by atoms with Gasteiger partial charge in [-0.05, 0) is 23.1 Å². The first kappa shape index (κ1) is 12.8. The molecule has 4 heteroatoms. The highest BCUT2D eigenvalue weighted by molar-refractivity contribution is 6.38. The fourth-order valence-electron chi connectivity index (χ4n) is 1.70. The predicted molar refractivity (Wildman–Crippen MR) is 72.8 cm³/mol. The Hall–Kier alpha value is -1.61. The van der Waals surface area contributed by atoms with Gasteiger partial charge in [-0.25, -0.2) is 4.79 Å². The summed E-state index contributed by atoms with van der Waals surface area (Å²) >= 11 is 5.70. The largest absolute Gasteiger partial charge is 0.367 e. The molecule has 18 heavy (non-hydrogen) atoms. The van der Waals surface area contributed by atoms with Crippen LogP contribution in [0.2, 0.25) is 0 Å². The molecule has 0 amide bonds. The third-order valence-corrected chi connectivity index (χ3v) is 3.06. The van der Waals surface area contributed by atoms with Gasteiger partial charge in [0.1, 0.15) is 5.71 Å². The molecule has 1 heterocycles. The number of carbonyl (C=O) groups excluding carboxylic acids is 1. The van der Waals surface area contributed by atoms with Crippen molar-refractivity contribution in [3.05, 3.63) is 41.0 Å². The van der Waals surface area contributed by atoms with Gasteiger partial charge in [-0.15, -0.1) is 11.6 Å². The number of alkyl halides is 1. The maximum Gasteiger partial charge on any atom is 0.367 e. The first-order chi connectivity index (χ1) is 8.61. The van der Waals surface area contributed by atoms with E-state index in [4.69, 9.17) is 11.6 Å². The molecule has 1 aliphatic rings. The smallest absolute Gasteiger partial charge is 0.312 e. The van der Waals surface area contributed by atoms with Crippen molar-refractivity contribution in [2.24, 2.45) is 5.16 Å². The molecule has 2 rings (SSSR count). The highest BCUT2D eigenvalue weighted by Crippen LogP contribution is 2.19. The molecule has 0 aromatic heterocycles. The number of oxime groups is 1. The molecule has 0 saturated heterocycles. The van der Waals surface area contributed by atoms with Crippen LogP contribution in [-0.4, -0.2) is 17.6 Å². The van der Waals surface area contributed by atoms with Gasteiger partial charge >= 0.3 is 5.97 Å². The van der Waals surface area contributed by atoms with E-state index in [0.717, 1.165) is 5.56 Å². The van der Waals surface area contributed by atoms with Crippen LogP contribution in [0.4, 0.5) is 0 Å². The summed E-state index contributed by atoms with van der Waals surface area (Å²) in [5, 5.41) is 3.63. The lowest BCUT2D eigenvalue weighted by Gasteiger charge is -2.05. The van der Waals surface area contributed by atoms with Gasteiger partial charge in [-0.1, -0.05) is 43.3 Å². The van der Waals surface area contributed by atoms with E-state index >= 15 is 0 Å². The quantitative estimate of drug-likeness (QED) is 0.477. The van der Waals surface area contributed by atoms with Crippen LogP contribution in [0.1, 0.15) is 30.9 Å². The van der Waals surface area contributed by atoms with Crippen LogP contribution in [0.3, 0.4) is 0 Å². The van der Waals surface area contributed by atoms with Gasteiger partial charge in [-0.3, -0.25) is 0 Å². The van der Waals surface area contributed by atoms with Gasteiger partial charge in [0.15, 0.2) is 0 Å². The molecule has 0 N–H and O–H groups in total. The second-order valence-corrected chi connectivity index (χ2v) is 4.70. The minimum atomic E-state index is -0.446. The molecule has 0 fully saturated rings. The van der Waals surface area contributed by atoms with Crippen LogP contribution in [0.5, 0.6) is 0 Å². The van der Waals surface area contributed by atoms with Crippen molar-refractivity contribution in [1.82, 2.24) is 0 Å². The third kappa shape index (κ3) is 2.62. The molecule has 0 spiro atoms. The number of benzene rings is 1. The Kier molecular flexibility index (Phi) is 3.82. The number of nitrogens with zero attached hydrogens (tertiary/aromatic N) is 1. The maximum atomic E-state index is 11.5. The zero-order valence-corrected chi connectivity index (χ0v) is 11.1. The van der Waals surface area contributed by atoms with Gasteiger partial charge in [-0.2, -0.15) is 0 Å². The molecule has 0 bridgehead atoms. The molecule has 0 atom stereocenters. The Labute approximate surface area is 111 Å². The number of rotatable bonds is 3. The topological polar surface area (TPSA) is 38.7 Å². The van der Waals surface area contributed by atoms with E-state index in [2.05, 4.69) is 36.0 Å². The number of halogens is 1. The first-order valence-electron chi connectivity index (χ1n) is 5.78. The van der Waals surface area contributed by atoms with Crippen molar-refractivity contribution in [3.63, 3.8) is 0 Å². The minimum Gasteiger partial charge on any atom is -0.312 e. The fraction of sp³-hybridized carbons (Fsp3) is 0.286. The Morgan fingerprint density at radius 3 is 2.56 bits per heavy atom. The highest BCUT2D eigenvalue weighted by Gasteiger charge is 2.24. The fourth-order valence-corrected chi connectivity index (χ4v) is 1.89. The SMILES string of the molecule is CC(C)c1ccc(/C=C2\C(=O)ON=C2CCl)cc1. The molecule has 0 saturated carbocycles. The summed E-state index contributed by atoms with van der Waals surface area (Å²) in [6.45, 7) is 4.28. The van der Waals surface area contributed by atoms with Crippen molar-refractivity contribution in [2.75, 3.05) is 5.88 Å². The number of hydrogen-bond acceptors (Lipinski definition) is 3. The standard InChI is InChI=1S/C14H14ClNO2/c1-9(2)11-5-3-10(4-6-11)7-12-13(8-15)16-18-14(12)17/h3-7,9H,8H2,1-2H3/b12-7-. The van der Waals surface area contributed by atoms with E-state index in [1.54, 1.807) is 6.08 Å². The van der Waals surface area contributed by atoms with E-state index in [9.17, 15) is 4.79 Å². The van der Waals surface area contributed by atoms with E-state index in [0.29, 0.717) is 17.2 Å². The Morgan fingerprint density at radius 2 is 2.00 bits per heavy atom. The molecule has 94 valence electrons. The molecule has 0 unspecified atom stereocenters. The zero-order chi connectivity index (χ0) is 13.1. The first-order valence-corrected chi connectivity index (χ1v) is 6.31. The Morgan fingerprint density at radius 1 is 1.33 bits per heavy atom. The second kappa shape index (κ2) is 5.36. The normalized spacial score (nSPS) is 17.2. The Balaban J connectivity index is 2.27. The van der Waals surface area contributed by atoms with Crippen LogP contribution in [0, 0.1) is 0 Å². The highest BCUT2D eigenvalue weighted by atomic mass is 35.5. The van der Waals surface area contributed by atoms with Gasteiger partial charge in [0.05, 0.1) is 11.5 Å². The minimum absolute atomic E-state index is 0.168. The van der Waals surface area contributed by atoms with Crippen LogP contribution >= 0.6 is 11.6 Å². The van der Waals surface area contributed by atoms with Gasteiger partial charge in [0.2, 0.25) is 0 Å². The average Bonchev–Trinajstić information content (AvgIpc) is 2.71. The maximum absolute atomic E-state index is 11.5. The number of hydrogen-bond donors (Lipinski definition) is 0. The van der Waals surface area contributed by atoms with Crippen molar-refractivity contribution in [3.8, 4) is 0 Å². The molecular formula is C14H14ClNO2. The van der Waals surface area contributed by atoms with Crippen molar-refractivity contribution in [1.29, 1.82) is 0 Å². The lowest BCUT2D eigenvalue weighted by Crippen LogP contribution is -2.06. The molecule has 3 nitrogen and oxygen atoms in total. The van der Waals surface area contributed by atoms with Crippen molar-refractivity contribution < 1.29 is 9.63 Å². The third-order valence-electron chi connectivity index (χ3n) is 2.81. The summed E-state index contributed by atoms with van der Waals surface area (Å²) in [4.78, 5) is 16.1. The summed E-state index contributed by atoms with van der Waals surface area (Å²) in [6.07, 6.45) is 1.75. The van der Waals surface area contributed by atoms with Crippen LogP contribution in [0.15, 0.2) is 35.0 Å². The monoisotopic (exact) mass is 263 g/mol. The molecule has 0 aliphatic carbocycles. The summed E-state index contributed by atoms with van der Waals surface area (Å²) in [5.41, 5.74) is 3.11. The van der Waals surface area contributed by atoms with Crippen LogP contribution in [0.25, 0.3) is 6.08 Å². The lowest BCUT2D eigenvalue weighted by molar-refractivity contribution is -0.136. The van der Waals surface area contributed by atoms with E-state index in [1.165, 1.54) is 5.56 Å². The predicted octanol–water partition coefficient (Wildman–Crippen LogP) is 3.35. The number of carbonyl (C=O) groups is 1. The summed E-state index contributed by atoms with van der Waals surface area (Å²) in [6, 6.07) is 8.04. The summed E-state index contributed by atoms with van der Waals surface area (Å²) < 4.78 is 0. The molecule has 1 aromatic rings. The van der Waals surface area contributed by atoms with Gasteiger partial charge in [0, 0.05) is 0 Å². The van der Waals surface area contributed by atoms with Crippen LogP contribution < -0.4 is 0 Å². The zero-order valence-electron chi connectivity index (χ0n) is 10.3. The molecule has 0 radical (unpaired) electrons. The van der Waals surface area contributed by atoms with Gasteiger partial charge in [0.25, 0.3) is 0 Å².